The van der Waals surface area contributed by atoms with Crippen LogP contribution in [0.15, 0.2) is 41.4 Å². The predicted molar refractivity (Wildman–Crippen MR) is 78.5 cm³/mol. The van der Waals surface area contributed by atoms with Gasteiger partial charge in [0.25, 0.3) is 0 Å². The molecule has 0 spiro atoms. The van der Waals surface area contributed by atoms with E-state index in [1.54, 1.807) is 23.5 Å². The summed E-state index contributed by atoms with van der Waals surface area (Å²) in [4.78, 5) is 3.82. The predicted octanol–water partition coefficient (Wildman–Crippen LogP) is 4.01. The minimum absolute atomic E-state index is 0.0542. The average Bonchev–Trinajstić information content (AvgIpc) is 2.97. The number of aromatic nitrogens is 1. The highest BCUT2D eigenvalue weighted by Crippen LogP contribution is 2.24. The number of pyridine rings is 1. The first kappa shape index (κ1) is 16.0. The maximum atomic E-state index is 13.1. The number of nitrogens with zero attached hydrogens (tertiary/aromatic N) is 1. The number of hydrogen-bond donors (Lipinski definition) is 1. The van der Waals surface area contributed by atoms with Crippen molar-refractivity contribution >= 4 is 11.3 Å². The van der Waals surface area contributed by atoms with E-state index in [0.29, 0.717) is 12.1 Å². The number of rotatable bonds is 6. The smallest absolute Gasteiger partial charge is 0.305 e. The van der Waals surface area contributed by atoms with Crippen molar-refractivity contribution in [2.45, 2.75) is 31.5 Å². The molecule has 0 aliphatic heterocycles. The van der Waals surface area contributed by atoms with Crippen LogP contribution in [0.25, 0.3) is 0 Å². The van der Waals surface area contributed by atoms with Crippen molar-refractivity contribution in [3.63, 3.8) is 0 Å². The van der Waals surface area contributed by atoms with Gasteiger partial charge in [-0.15, -0.1) is 0 Å². The van der Waals surface area contributed by atoms with E-state index in [-0.39, 0.29) is 12.3 Å². The molecule has 0 bridgehead atoms. The van der Waals surface area contributed by atoms with Gasteiger partial charge in [-0.25, -0.2) is 0 Å². The Morgan fingerprint density at radius 2 is 1.95 bits per heavy atom. The van der Waals surface area contributed by atoms with Gasteiger partial charge in [0.15, 0.2) is 0 Å². The van der Waals surface area contributed by atoms with Crippen molar-refractivity contribution in [2.24, 2.45) is 0 Å². The molecule has 114 valence electrons. The summed E-state index contributed by atoms with van der Waals surface area (Å²) in [5, 5.41) is 6.56. The van der Waals surface area contributed by atoms with Crippen molar-refractivity contribution in [3.05, 3.63) is 52.5 Å². The van der Waals surface area contributed by atoms with Crippen molar-refractivity contribution in [1.29, 1.82) is 0 Å². The van der Waals surface area contributed by atoms with Crippen LogP contribution in [0.4, 0.5) is 13.2 Å². The molecule has 2 heterocycles. The van der Waals surface area contributed by atoms with E-state index >= 15 is 0 Å². The lowest BCUT2D eigenvalue weighted by molar-refractivity contribution is -0.155. The molecular weight excluding hydrogens is 297 g/mol. The summed E-state index contributed by atoms with van der Waals surface area (Å²) >= 11 is 1.55. The maximum Gasteiger partial charge on any atom is 0.404 e. The van der Waals surface area contributed by atoms with Gasteiger partial charge in [0.1, 0.15) is 6.04 Å². The van der Waals surface area contributed by atoms with E-state index in [9.17, 15) is 13.2 Å². The monoisotopic (exact) mass is 314 g/mol. The highest BCUT2D eigenvalue weighted by Gasteiger charge is 2.39. The molecule has 0 saturated carbocycles. The molecule has 1 N–H and O–H groups in total. The fourth-order valence-corrected chi connectivity index (χ4v) is 2.83. The summed E-state index contributed by atoms with van der Waals surface area (Å²) < 4.78 is 39.4. The summed E-state index contributed by atoms with van der Waals surface area (Å²) in [6, 6.07) is 3.63. The molecule has 2 rings (SSSR count). The Labute approximate surface area is 126 Å². The van der Waals surface area contributed by atoms with Crippen molar-refractivity contribution in [3.8, 4) is 0 Å². The zero-order valence-electron chi connectivity index (χ0n) is 11.6. The molecule has 0 aliphatic carbocycles. The second kappa shape index (κ2) is 7.04. The van der Waals surface area contributed by atoms with Crippen LogP contribution in [-0.4, -0.2) is 23.7 Å². The summed E-state index contributed by atoms with van der Waals surface area (Å²) in [6.45, 7) is 2.22. The highest BCUT2D eigenvalue weighted by molar-refractivity contribution is 7.07. The Kier molecular flexibility index (Phi) is 5.36. The third-order valence-corrected chi connectivity index (χ3v) is 4.07. The lowest BCUT2D eigenvalue weighted by atomic mass is 10.0. The lowest BCUT2D eigenvalue weighted by Gasteiger charge is -2.23. The first-order valence-corrected chi connectivity index (χ1v) is 7.62. The van der Waals surface area contributed by atoms with Gasteiger partial charge < -0.3 is 5.32 Å². The molecule has 0 unspecified atom stereocenters. The molecule has 2 aromatic rings. The third-order valence-electron chi connectivity index (χ3n) is 3.37. The zero-order valence-corrected chi connectivity index (χ0v) is 12.4. The van der Waals surface area contributed by atoms with Crippen molar-refractivity contribution in [2.75, 3.05) is 6.54 Å². The molecule has 0 saturated heterocycles. The maximum absolute atomic E-state index is 13.1. The van der Waals surface area contributed by atoms with Gasteiger partial charge in [-0.3, -0.25) is 4.98 Å². The summed E-state index contributed by atoms with van der Waals surface area (Å²) in [7, 11) is 0. The minimum atomic E-state index is -4.27. The molecular formula is C15H17F3N2S. The standard InChI is InChI=1S/C15H17F3N2S/c1-11(13-4-7-21-10-13)9-20-14(15(16,17)18)8-12-2-5-19-6-3-12/h2-7,10-11,14,20H,8-9H2,1H3/t11-,14+/m0/s1. The Bertz CT molecular complexity index is 526. The molecule has 0 amide bonds. The summed E-state index contributed by atoms with van der Waals surface area (Å²) in [5.41, 5.74) is 1.69. The van der Waals surface area contributed by atoms with E-state index in [1.807, 2.05) is 23.8 Å². The second-order valence-electron chi connectivity index (χ2n) is 5.02. The molecule has 0 radical (unpaired) electrons. The Balaban J connectivity index is 1.97. The third kappa shape index (κ3) is 4.82. The summed E-state index contributed by atoms with van der Waals surface area (Å²) in [6.07, 6.45) is -1.33. The van der Waals surface area contributed by atoms with Gasteiger partial charge in [0, 0.05) is 18.9 Å². The molecule has 0 aromatic carbocycles. The van der Waals surface area contributed by atoms with E-state index in [1.165, 1.54) is 12.4 Å². The Morgan fingerprint density at radius 1 is 1.24 bits per heavy atom. The first-order chi connectivity index (χ1) is 9.97. The zero-order chi connectivity index (χ0) is 15.3. The molecule has 2 atom stereocenters. The van der Waals surface area contributed by atoms with E-state index in [4.69, 9.17) is 0 Å². The number of thiophene rings is 1. The fraction of sp³-hybridized carbons (Fsp3) is 0.400. The van der Waals surface area contributed by atoms with Gasteiger partial charge in [-0.05, 0) is 52.4 Å². The topological polar surface area (TPSA) is 24.9 Å². The van der Waals surface area contributed by atoms with Gasteiger partial charge in [-0.2, -0.15) is 24.5 Å². The Hall–Kier alpha value is -1.40. The van der Waals surface area contributed by atoms with Gasteiger partial charge in [-0.1, -0.05) is 6.92 Å². The Morgan fingerprint density at radius 3 is 2.52 bits per heavy atom. The normalized spacial score (nSPS) is 14.9. The average molecular weight is 314 g/mol. The van der Waals surface area contributed by atoms with Crippen LogP contribution < -0.4 is 5.32 Å². The molecule has 0 aliphatic rings. The van der Waals surface area contributed by atoms with Crippen LogP contribution in [-0.2, 0) is 6.42 Å². The van der Waals surface area contributed by atoms with E-state index < -0.39 is 12.2 Å². The summed E-state index contributed by atoms with van der Waals surface area (Å²) in [5.74, 6) is 0.0542. The van der Waals surface area contributed by atoms with Gasteiger partial charge >= 0.3 is 6.18 Å². The van der Waals surface area contributed by atoms with Crippen LogP contribution in [0.3, 0.4) is 0 Å². The van der Waals surface area contributed by atoms with Crippen LogP contribution in [0.1, 0.15) is 24.0 Å². The number of hydrogen-bond acceptors (Lipinski definition) is 3. The van der Waals surface area contributed by atoms with Crippen molar-refractivity contribution < 1.29 is 13.2 Å². The van der Waals surface area contributed by atoms with Gasteiger partial charge in [0.2, 0.25) is 0 Å². The molecule has 6 heteroatoms. The minimum Gasteiger partial charge on any atom is -0.305 e. The van der Waals surface area contributed by atoms with E-state index in [0.717, 1.165) is 5.56 Å². The molecule has 0 fully saturated rings. The van der Waals surface area contributed by atoms with Crippen LogP contribution >= 0.6 is 11.3 Å². The number of alkyl halides is 3. The fourth-order valence-electron chi connectivity index (χ4n) is 2.05. The van der Waals surface area contributed by atoms with Crippen LogP contribution in [0.5, 0.6) is 0 Å². The van der Waals surface area contributed by atoms with Crippen LogP contribution in [0, 0.1) is 0 Å². The lowest BCUT2D eigenvalue weighted by Crippen LogP contribution is -2.45. The quantitative estimate of drug-likeness (QED) is 0.871. The first-order valence-electron chi connectivity index (χ1n) is 6.68. The highest BCUT2D eigenvalue weighted by atomic mass is 32.1. The van der Waals surface area contributed by atoms with Crippen LogP contribution in [0.2, 0.25) is 0 Å². The molecule has 2 aromatic heterocycles. The molecule has 21 heavy (non-hydrogen) atoms. The second-order valence-corrected chi connectivity index (χ2v) is 5.80. The SMILES string of the molecule is C[C@@H](CN[C@H](Cc1ccncc1)C(F)(F)F)c1ccsc1. The van der Waals surface area contributed by atoms with E-state index in [2.05, 4.69) is 10.3 Å². The van der Waals surface area contributed by atoms with Crippen molar-refractivity contribution in [1.82, 2.24) is 10.3 Å². The molecule has 2 nitrogen and oxygen atoms in total. The number of halogens is 3. The number of nitrogens with one attached hydrogen (secondary N) is 1. The largest absolute Gasteiger partial charge is 0.404 e. The van der Waals surface area contributed by atoms with Gasteiger partial charge in [0.05, 0.1) is 0 Å².